The third kappa shape index (κ3) is 7.64. The molecule has 0 aliphatic heterocycles. The fourth-order valence-corrected chi connectivity index (χ4v) is 0.534. The molecule has 0 aromatic heterocycles. The van der Waals surface area contributed by atoms with Crippen molar-refractivity contribution in [1.29, 1.82) is 0 Å². The molecular formula is C9H14NO2S-. The highest BCUT2D eigenvalue weighted by atomic mass is 32.2. The second kappa shape index (κ2) is 6.77. The lowest BCUT2D eigenvalue weighted by Gasteiger charge is -2.10. The van der Waals surface area contributed by atoms with Crippen LogP contribution in [0, 0.1) is 6.92 Å². The molecule has 0 aliphatic rings. The van der Waals surface area contributed by atoms with Gasteiger partial charge in [0.2, 0.25) is 0 Å². The molecule has 0 radical (unpaired) electrons. The predicted octanol–water partition coefficient (Wildman–Crippen LogP) is 1.34. The van der Waals surface area contributed by atoms with Crippen LogP contribution in [0.3, 0.4) is 0 Å². The minimum absolute atomic E-state index is 1.08. The van der Waals surface area contributed by atoms with E-state index in [4.69, 9.17) is 0 Å². The molecule has 0 aliphatic carbocycles. The molecule has 0 amide bonds. The normalized spacial score (nSPS) is 11.8. The van der Waals surface area contributed by atoms with E-state index in [1.54, 1.807) is 0 Å². The summed E-state index contributed by atoms with van der Waals surface area (Å²) < 4.78 is 20.3. The van der Waals surface area contributed by atoms with E-state index >= 15 is 0 Å². The summed E-state index contributed by atoms with van der Waals surface area (Å²) in [7, 11) is 2.92. The van der Waals surface area contributed by atoms with E-state index in [0.717, 1.165) is 4.31 Å². The fraction of sp³-hybridized carbons (Fsp3) is 0.333. The Balaban J connectivity index is 0.000000226. The van der Waals surface area contributed by atoms with Crippen LogP contribution in [0.25, 0.3) is 0 Å². The van der Waals surface area contributed by atoms with Crippen molar-refractivity contribution in [3.05, 3.63) is 35.9 Å². The predicted molar refractivity (Wildman–Crippen MR) is 53.8 cm³/mol. The molecule has 74 valence electrons. The van der Waals surface area contributed by atoms with Gasteiger partial charge in [0, 0.05) is 11.3 Å². The maximum absolute atomic E-state index is 9.62. The monoisotopic (exact) mass is 200 g/mol. The van der Waals surface area contributed by atoms with Crippen LogP contribution in [0.15, 0.2) is 30.3 Å². The third-order valence-electron chi connectivity index (χ3n) is 1.24. The molecule has 1 aromatic carbocycles. The highest BCUT2D eigenvalue weighted by Crippen LogP contribution is 1.92. The first-order valence-corrected chi connectivity index (χ1v) is 4.85. The summed E-state index contributed by atoms with van der Waals surface area (Å²) in [6.45, 7) is 2.08. The van der Waals surface area contributed by atoms with Crippen molar-refractivity contribution in [3.63, 3.8) is 0 Å². The van der Waals surface area contributed by atoms with Crippen molar-refractivity contribution in [2.45, 2.75) is 6.92 Å². The maximum Gasteiger partial charge on any atom is 0.0203 e. The smallest absolute Gasteiger partial charge is 0.0203 e. The highest BCUT2D eigenvalue weighted by molar-refractivity contribution is 7.76. The van der Waals surface area contributed by atoms with Gasteiger partial charge >= 0.3 is 0 Å². The number of aryl methyl sites for hydroxylation is 1. The average Bonchev–Trinajstić information content (AvgIpc) is 2.06. The average molecular weight is 200 g/mol. The van der Waals surface area contributed by atoms with Gasteiger partial charge in [-0.3, -0.25) is 4.21 Å². The first kappa shape index (κ1) is 12.3. The number of nitrogens with zero attached hydrogens (tertiary/aromatic N) is 1. The number of hydrogen-bond acceptors (Lipinski definition) is 2. The molecule has 0 N–H and O–H groups in total. The second-order valence-electron chi connectivity index (χ2n) is 2.68. The standard InChI is InChI=1S/C7H8.C2H7NO2S/c1-7-5-3-2-4-6-7;1-3(2)6(4)5/h2-6H,1H3;1-2H3,(H,4,5)/p-1. The van der Waals surface area contributed by atoms with Crippen molar-refractivity contribution in [2.75, 3.05) is 14.1 Å². The van der Waals surface area contributed by atoms with Gasteiger partial charge in [0.1, 0.15) is 0 Å². The molecule has 1 atom stereocenters. The lowest BCUT2D eigenvalue weighted by molar-refractivity contribution is 0.470. The third-order valence-corrected chi connectivity index (χ3v) is 1.83. The molecule has 4 heteroatoms. The Morgan fingerprint density at radius 2 is 1.62 bits per heavy atom. The van der Waals surface area contributed by atoms with E-state index in [1.165, 1.54) is 19.7 Å². The molecule has 0 saturated heterocycles. The Labute approximate surface area is 81.8 Å². The molecule has 3 nitrogen and oxygen atoms in total. The van der Waals surface area contributed by atoms with Crippen LogP contribution in [0.4, 0.5) is 0 Å². The van der Waals surface area contributed by atoms with Gasteiger partial charge in [-0.1, -0.05) is 35.9 Å². The lowest BCUT2D eigenvalue weighted by atomic mass is 10.2. The summed E-state index contributed by atoms with van der Waals surface area (Å²) in [4.78, 5) is 0. The summed E-state index contributed by atoms with van der Waals surface area (Å²) in [5.74, 6) is 0. The Morgan fingerprint density at radius 3 is 1.77 bits per heavy atom. The van der Waals surface area contributed by atoms with Crippen LogP contribution in [0.1, 0.15) is 5.56 Å². The summed E-state index contributed by atoms with van der Waals surface area (Å²) in [6, 6.07) is 10.3. The van der Waals surface area contributed by atoms with Crippen LogP contribution in [-0.4, -0.2) is 27.2 Å². The van der Waals surface area contributed by atoms with Gasteiger partial charge in [0.05, 0.1) is 0 Å². The van der Waals surface area contributed by atoms with Crippen molar-refractivity contribution in [3.8, 4) is 0 Å². The van der Waals surface area contributed by atoms with Gasteiger partial charge in [0.25, 0.3) is 0 Å². The minimum atomic E-state index is -2.03. The zero-order valence-corrected chi connectivity index (χ0v) is 8.88. The zero-order valence-electron chi connectivity index (χ0n) is 8.06. The molecule has 0 saturated carbocycles. The van der Waals surface area contributed by atoms with E-state index in [2.05, 4.69) is 19.1 Å². The van der Waals surface area contributed by atoms with E-state index in [9.17, 15) is 8.76 Å². The maximum atomic E-state index is 9.62. The lowest BCUT2D eigenvalue weighted by Crippen LogP contribution is -2.13. The zero-order chi connectivity index (χ0) is 10.3. The molecule has 0 heterocycles. The van der Waals surface area contributed by atoms with Gasteiger partial charge < -0.3 is 4.55 Å². The number of rotatable bonds is 1. The first-order chi connectivity index (χ1) is 6.04. The fourth-order valence-electron chi connectivity index (χ4n) is 0.534. The van der Waals surface area contributed by atoms with Crippen LogP contribution < -0.4 is 0 Å². The van der Waals surface area contributed by atoms with Crippen molar-refractivity contribution < 1.29 is 8.76 Å². The topological polar surface area (TPSA) is 43.4 Å². The summed E-state index contributed by atoms with van der Waals surface area (Å²) in [6.07, 6.45) is 0. The second-order valence-corrected chi connectivity index (χ2v) is 3.85. The minimum Gasteiger partial charge on any atom is -0.760 e. The molecule has 1 unspecified atom stereocenters. The van der Waals surface area contributed by atoms with Crippen LogP contribution >= 0.6 is 0 Å². The van der Waals surface area contributed by atoms with E-state index in [0.29, 0.717) is 0 Å². The molecular weight excluding hydrogens is 186 g/mol. The van der Waals surface area contributed by atoms with Crippen molar-refractivity contribution in [1.82, 2.24) is 4.31 Å². The molecule has 13 heavy (non-hydrogen) atoms. The Morgan fingerprint density at radius 1 is 1.23 bits per heavy atom. The van der Waals surface area contributed by atoms with E-state index < -0.39 is 11.3 Å². The van der Waals surface area contributed by atoms with Crippen LogP contribution in [-0.2, 0) is 11.3 Å². The number of hydrogen-bond donors (Lipinski definition) is 0. The SMILES string of the molecule is CN(C)S(=O)[O-].Cc1ccccc1. The first-order valence-electron chi connectivity index (χ1n) is 3.82. The Bertz CT molecular complexity index is 249. The van der Waals surface area contributed by atoms with Crippen molar-refractivity contribution in [2.24, 2.45) is 0 Å². The molecule has 0 spiro atoms. The quantitative estimate of drug-likeness (QED) is 0.642. The Hall–Kier alpha value is -0.710. The largest absolute Gasteiger partial charge is 0.760 e. The molecule has 1 rings (SSSR count). The van der Waals surface area contributed by atoms with Gasteiger partial charge in [0.15, 0.2) is 0 Å². The van der Waals surface area contributed by atoms with Crippen molar-refractivity contribution >= 4 is 11.3 Å². The van der Waals surface area contributed by atoms with Gasteiger partial charge in [-0.15, -0.1) is 0 Å². The summed E-state index contributed by atoms with van der Waals surface area (Å²) in [5.41, 5.74) is 1.32. The van der Waals surface area contributed by atoms with E-state index in [-0.39, 0.29) is 0 Å². The van der Waals surface area contributed by atoms with Gasteiger partial charge in [-0.25, -0.2) is 4.31 Å². The van der Waals surface area contributed by atoms with Gasteiger partial charge in [-0.2, -0.15) is 0 Å². The van der Waals surface area contributed by atoms with Crippen LogP contribution in [0.5, 0.6) is 0 Å². The Kier molecular flexibility index (Phi) is 6.40. The summed E-state index contributed by atoms with van der Waals surface area (Å²) in [5, 5.41) is 0. The van der Waals surface area contributed by atoms with Gasteiger partial charge in [-0.05, 0) is 21.0 Å². The molecule has 0 fully saturated rings. The molecule has 0 bridgehead atoms. The van der Waals surface area contributed by atoms with Crippen LogP contribution in [0.2, 0.25) is 0 Å². The molecule has 1 aromatic rings. The van der Waals surface area contributed by atoms with E-state index in [1.807, 2.05) is 18.2 Å². The highest BCUT2D eigenvalue weighted by Gasteiger charge is 1.78. The summed E-state index contributed by atoms with van der Waals surface area (Å²) >= 11 is -2.03. The number of benzene rings is 1.